The summed E-state index contributed by atoms with van der Waals surface area (Å²) in [5, 5.41) is 8.88. The third-order valence-electron chi connectivity index (χ3n) is 1.92. The van der Waals surface area contributed by atoms with E-state index in [-0.39, 0.29) is 0 Å². The van der Waals surface area contributed by atoms with Crippen LogP contribution in [0.4, 0.5) is 26.3 Å². The minimum Gasteiger partial charge on any atom is -0.369 e. The Morgan fingerprint density at radius 3 is 1.56 bits per heavy atom. The highest BCUT2D eigenvalue weighted by Crippen LogP contribution is 2.49. The fourth-order valence-corrected chi connectivity index (χ4v) is 1.08. The molecule has 0 bridgehead atoms. The van der Waals surface area contributed by atoms with Gasteiger partial charge < -0.3 is 5.11 Å². The molecule has 1 rings (SSSR count). The standard InChI is InChI=1S/C8H5F6NO/c9-7(10,11)6(16,8(12,13)14)5-1-3-15-4-2-5/h1-4,16H. The molecule has 0 unspecified atom stereocenters. The van der Waals surface area contributed by atoms with Gasteiger partial charge in [-0.2, -0.15) is 26.3 Å². The second kappa shape index (κ2) is 3.62. The maximum atomic E-state index is 12.3. The highest BCUT2D eigenvalue weighted by atomic mass is 19.4. The van der Waals surface area contributed by atoms with Crippen molar-refractivity contribution in [3.8, 4) is 0 Å². The average Bonchev–Trinajstić information content (AvgIpc) is 2.14. The van der Waals surface area contributed by atoms with Crippen molar-refractivity contribution in [2.45, 2.75) is 18.0 Å². The molecule has 16 heavy (non-hydrogen) atoms. The Morgan fingerprint density at radius 2 is 1.25 bits per heavy atom. The van der Waals surface area contributed by atoms with Crippen LogP contribution in [-0.4, -0.2) is 22.4 Å². The largest absolute Gasteiger partial charge is 0.430 e. The molecule has 0 aromatic carbocycles. The van der Waals surface area contributed by atoms with Crippen LogP contribution >= 0.6 is 0 Å². The van der Waals surface area contributed by atoms with E-state index in [1.54, 1.807) is 0 Å². The molecule has 0 spiro atoms. The summed E-state index contributed by atoms with van der Waals surface area (Å²) in [5.41, 5.74) is -6.19. The minimum atomic E-state index is -5.85. The molecule has 0 aliphatic rings. The van der Waals surface area contributed by atoms with Crippen LogP contribution in [0.5, 0.6) is 0 Å². The van der Waals surface area contributed by atoms with Crippen LogP contribution in [0.25, 0.3) is 0 Å². The lowest BCUT2D eigenvalue weighted by Crippen LogP contribution is -2.53. The predicted octanol–water partition coefficient (Wildman–Crippen LogP) is 2.39. The summed E-state index contributed by atoms with van der Waals surface area (Å²) in [7, 11) is 0. The maximum absolute atomic E-state index is 12.3. The van der Waals surface area contributed by atoms with Crippen molar-refractivity contribution >= 4 is 0 Å². The van der Waals surface area contributed by atoms with Crippen molar-refractivity contribution in [3.63, 3.8) is 0 Å². The van der Waals surface area contributed by atoms with Gasteiger partial charge in [0.15, 0.2) is 0 Å². The fourth-order valence-electron chi connectivity index (χ4n) is 1.08. The highest BCUT2D eigenvalue weighted by Gasteiger charge is 2.71. The van der Waals surface area contributed by atoms with E-state index in [0.29, 0.717) is 12.1 Å². The number of hydrogen-bond donors (Lipinski definition) is 1. The van der Waals surface area contributed by atoms with Gasteiger partial charge in [0.1, 0.15) is 0 Å². The molecule has 0 aliphatic carbocycles. The maximum Gasteiger partial charge on any atom is 0.430 e. The van der Waals surface area contributed by atoms with Crippen LogP contribution in [0, 0.1) is 0 Å². The van der Waals surface area contributed by atoms with Gasteiger partial charge in [-0.3, -0.25) is 4.98 Å². The molecule has 1 N–H and O–H groups in total. The first-order chi connectivity index (χ1) is 7.11. The van der Waals surface area contributed by atoms with Crippen molar-refractivity contribution in [3.05, 3.63) is 30.1 Å². The first kappa shape index (κ1) is 12.8. The van der Waals surface area contributed by atoms with E-state index in [0.717, 1.165) is 12.4 Å². The Kier molecular flexibility index (Phi) is 2.88. The normalized spacial score (nSPS) is 13.9. The zero-order valence-electron chi connectivity index (χ0n) is 7.47. The van der Waals surface area contributed by atoms with Crippen LogP contribution in [0.1, 0.15) is 5.56 Å². The van der Waals surface area contributed by atoms with E-state index in [2.05, 4.69) is 4.98 Å². The second-order valence-electron chi connectivity index (χ2n) is 2.94. The summed E-state index contributed by atoms with van der Waals surface area (Å²) in [6.07, 6.45) is -10.2. The molecule has 0 fully saturated rings. The highest BCUT2D eigenvalue weighted by molar-refractivity contribution is 5.23. The van der Waals surface area contributed by atoms with Gasteiger partial charge in [-0.05, 0) is 12.1 Å². The molecule has 0 atom stereocenters. The number of aliphatic hydroxyl groups is 1. The number of aromatic nitrogens is 1. The van der Waals surface area contributed by atoms with E-state index < -0.39 is 23.5 Å². The SMILES string of the molecule is OC(c1ccncc1)(C(F)(F)F)C(F)(F)F. The second-order valence-corrected chi connectivity index (χ2v) is 2.94. The van der Waals surface area contributed by atoms with E-state index in [1.165, 1.54) is 0 Å². The molecule has 0 radical (unpaired) electrons. The van der Waals surface area contributed by atoms with Gasteiger partial charge in [0.25, 0.3) is 5.60 Å². The Morgan fingerprint density at radius 1 is 0.875 bits per heavy atom. The molecule has 2 nitrogen and oxygen atoms in total. The molecule has 8 heteroatoms. The van der Waals surface area contributed by atoms with E-state index >= 15 is 0 Å². The van der Waals surface area contributed by atoms with Gasteiger partial charge in [-0.1, -0.05) is 0 Å². The van der Waals surface area contributed by atoms with Crippen molar-refractivity contribution in [2.75, 3.05) is 0 Å². The van der Waals surface area contributed by atoms with Gasteiger partial charge in [0.2, 0.25) is 0 Å². The fraction of sp³-hybridized carbons (Fsp3) is 0.375. The quantitative estimate of drug-likeness (QED) is 0.770. The number of rotatable bonds is 1. The molecule has 0 amide bonds. The molecular weight excluding hydrogens is 240 g/mol. The zero-order valence-corrected chi connectivity index (χ0v) is 7.47. The summed E-state index contributed by atoms with van der Waals surface area (Å²) in [6.45, 7) is 0. The van der Waals surface area contributed by atoms with Crippen LogP contribution < -0.4 is 0 Å². The topological polar surface area (TPSA) is 33.1 Å². The molecular formula is C8H5F6NO. The number of pyridine rings is 1. The van der Waals surface area contributed by atoms with Gasteiger partial charge >= 0.3 is 12.4 Å². The van der Waals surface area contributed by atoms with Crippen molar-refractivity contribution in [1.29, 1.82) is 0 Å². The summed E-state index contributed by atoms with van der Waals surface area (Å²) < 4.78 is 73.8. The van der Waals surface area contributed by atoms with Gasteiger partial charge in [0, 0.05) is 18.0 Å². The van der Waals surface area contributed by atoms with Gasteiger partial charge in [-0.15, -0.1) is 0 Å². The van der Waals surface area contributed by atoms with Crippen molar-refractivity contribution < 1.29 is 31.4 Å². The molecule has 0 saturated heterocycles. The lowest BCUT2D eigenvalue weighted by molar-refractivity contribution is -0.376. The van der Waals surface area contributed by atoms with E-state index in [9.17, 15) is 26.3 Å². The smallest absolute Gasteiger partial charge is 0.369 e. The third kappa shape index (κ3) is 1.84. The zero-order chi connectivity index (χ0) is 12.6. The minimum absolute atomic E-state index is 0.459. The Balaban J connectivity index is 3.39. The molecule has 90 valence electrons. The average molecular weight is 245 g/mol. The van der Waals surface area contributed by atoms with Crippen LogP contribution in [0.3, 0.4) is 0 Å². The first-order valence-electron chi connectivity index (χ1n) is 3.87. The monoisotopic (exact) mass is 245 g/mol. The summed E-state index contributed by atoms with van der Waals surface area (Å²) >= 11 is 0. The number of nitrogens with zero attached hydrogens (tertiary/aromatic N) is 1. The number of alkyl halides is 6. The van der Waals surface area contributed by atoms with Gasteiger partial charge in [-0.25, -0.2) is 0 Å². The van der Waals surface area contributed by atoms with Crippen LogP contribution in [0.2, 0.25) is 0 Å². The third-order valence-corrected chi connectivity index (χ3v) is 1.92. The van der Waals surface area contributed by atoms with E-state index in [1.807, 2.05) is 0 Å². The molecule has 1 aromatic heterocycles. The Labute approximate surface area is 85.5 Å². The molecule has 0 aliphatic heterocycles. The van der Waals surface area contributed by atoms with E-state index in [4.69, 9.17) is 5.11 Å². The van der Waals surface area contributed by atoms with Gasteiger partial charge in [0.05, 0.1) is 0 Å². The van der Waals surface area contributed by atoms with Crippen LogP contribution in [-0.2, 0) is 5.60 Å². The summed E-state index contributed by atoms with van der Waals surface area (Å²) in [5.74, 6) is 0. The number of halogens is 6. The lowest BCUT2D eigenvalue weighted by Gasteiger charge is -2.32. The van der Waals surface area contributed by atoms with Crippen LogP contribution in [0.15, 0.2) is 24.5 Å². The molecule has 1 aromatic rings. The van der Waals surface area contributed by atoms with Crippen molar-refractivity contribution in [1.82, 2.24) is 4.98 Å². The lowest BCUT2D eigenvalue weighted by atomic mass is 9.93. The molecule has 1 heterocycles. The predicted molar refractivity (Wildman–Crippen MR) is 40.2 cm³/mol. The van der Waals surface area contributed by atoms with Crippen molar-refractivity contribution in [2.24, 2.45) is 0 Å². The number of hydrogen-bond acceptors (Lipinski definition) is 2. The summed E-state index contributed by atoms with van der Waals surface area (Å²) in [4.78, 5) is 3.28. The Bertz CT molecular complexity index is 343. The summed E-state index contributed by atoms with van der Waals surface area (Å²) in [6, 6.07) is 0.919. The Hall–Kier alpha value is -1.31. The first-order valence-corrected chi connectivity index (χ1v) is 3.87. The molecule has 0 saturated carbocycles.